The van der Waals surface area contributed by atoms with Crippen molar-refractivity contribution in [3.8, 4) is 0 Å². The first-order valence-electron chi connectivity index (χ1n) is 27.2. The molecule has 382 valence electrons. The highest BCUT2D eigenvalue weighted by molar-refractivity contribution is 5.71. The molecule has 0 aliphatic rings. The topological polar surface area (TPSA) is 78.9 Å². The molecule has 0 aliphatic carbocycles. The van der Waals surface area contributed by atoms with Gasteiger partial charge in [0.05, 0.1) is 0 Å². The van der Waals surface area contributed by atoms with Crippen LogP contribution in [0.5, 0.6) is 0 Å². The molecular formula is C62H98O6. The molecule has 6 heteroatoms. The van der Waals surface area contributed by atoms with E-state index in [-0.39, 0.29) is 37.5 Å². The summed E-state index contributed by atoms with van der Waals surface area (Å²) in [5, 5.41) is 0. The zero-order chi connectivity index (χ0) is 49.3. The molecule has 0 heterocycles. The lowest BCUT2D eigenvalue weighted by Gasteiger charge is -2.18. The highest BCUT2D eigenvalue weighted by Crippen LogP contribution is 2.12. The van der Waals surface area contributed by atoms with Crippen LogP contribution in [0.4, 0.5) is 0 Å². The standard InChI is InChI=1S/C62H98O6/c1-4-7-10-13-16-19-22-24-25-26-27-28-29-30-31-32-33-34-35-36-37-39-40-43-46-49-52-55-61(64)67-58-59(57-66-60(63)54-51-48-45-42-21-18-15-12-9-6-3)68-62(65)56-53-50-47-44-41-38-23-20-17-14-11-8-5-2/h7-8,10-12,15-17,19-20,24-25,27-28,30-31,33-34,36-38,41,59H,4-6,9,13-14,18,21-23,26,29,32,35,39-40,42-58H2,1-3H3/b10-7-,11-8-,15-12-,19-16-,20-17-,25-24-,28-27-,31-30-,34-33-,37-36-,41-38-. The fourth-order valence-electron chi connectivity index (χ4n) is 6.85. The number of hydrogen-bond donors (Lipinski definition) is 0. The molecule has 0 rings (SSSR count). The smallest absolute Gasteiger partial charge is 0.306 e. The van der Waals surface area contributed by atoms with Gasteiger partial charge in [-0.05, 0) is 128 Å². The Balaban J connectivity index is 4.35. The highest BCUT2D eigenvalue weighted by atomic mass is 16.6. The number of rotatable bonds is 47. The number of carbonyl (C=O) groups is 3. The van der Waals surface area contributed by atoms with Gasteiger partial charge in [-0.15, -0.1) is 0 Å². The minimum absolute atomic E-state index is 0.105. The molecule has 0 N–H and O–H groups in total. The van der Waals surface area contributed by atoms with E-state index in [1.165, 1.54) is 12.8 Å². The van der Waals surface area contributed by atoms with Gasteiger partial charge in [-0.25, -0.2) is 0 Å². The maximum Gasteiger partial charge on any atom is 0.306 e. The van der Waals surface area contributed by atoms with Crippen LogP contribution in [-0.4, -0.2) is 37.2 Å². The van der Waals surface area contributed by atoms with Gasteiger partial charge in [0.1, 0.15) is 13.2 Å². The summed E-state index contributed by atoms with van der Waals surface area (Å²) in [5.74, 6) is -0.974. The second kappa shape index (κ2) is 55.1. The molecule has 0 saturated heterocycles. The summed E-state index contributed by atoms with van der Waals surface area (Å²) < 4.78 is 16.7. The first kappa shape index (κ1) is 63.5. The van der Waals surface area contributed by atoms with Crippen molar-refractivity contribution in [2.45, 2.75) is 226 Å². The summed E-state index contributed by atoms with van der Waals surface area (Å²) in [5.41, 5.74) is 0. The molecule has 0 saturated carbocycles. The summed E-state index contributed by atoms with van der Waals surface area (Å²) in [6, 6.07) is 0. The van der Waals surface area contributed by atoms with Gasteiger partial charge in [-0.1, -0.05) is 206 Å². The molecule has 0 fully saturated rings. The van der Waals surface area contributed by atoms with Crippen molar-refractivity contribution in [1.29, 1.82) is 0 Å². The van der Waals surface area contributed by atoms with E-state index in [1.807, 2.05) is 0 Å². The quantitative estimate of drug-likeness (QED) is 0.0262. The fourth-order valence-corrected chi connectivity index (χ4v) is 6.85. The van der Waals surface area contributed by atoms with Crippen LogP contribution in [0.3, 0.4) is 0 Å². The molecule has 0 aromatic carbocycles. The van der Waals surface area contributed by atoms with Crippen LogP contribution in [0.15, 0.2) is 134 Å². The molecule has 0 bridgehead atoms. The lowest BCUT2D eigenvalue weighted by atomic mass is 10.1. The van der Waals surface area contributed by atoms with Crippen molar-refractivity contribution >= 4 is 17.9 Å². The normalized spacial score (nSPS) is 13.2. The van der Waals surface area contributed by atoms with E-state index in [0.29, 0.717) is 12.8 Å². The Kier molecular flexibility index (Phi) is 51.5. The number of esters is 3. The molecule has 1 unspecified atom stereocenters. The number of carbonyl (C=O) groups excluding carboxylic acids is 3. The fraction of sp³-hybridized carbons (Fsp3) is 0.597. The van der Waals surface area contributed by atoms with Crippen molar-refractivity contribution in [2.24, 2.45) is 0 Å². The Morgan fingerprint density at radius 2 is 0.574 bits per heavy atom. The monoisotopic (exact) mass is 939 g/mol. The van der Waals surface area contributed by atoms with Gasteiger partial charge in [-0.3, -0.25) is 14.4 Å². The SMILES string of the molecule is CC/C=C\C/C=C\C/C=C\C/C=C\C/C=C\C/C=C\C/C=C\CCCCCCCC(=O)OCC(COC(=O)CCCCCCC/C=C\CCC)OC(=O)CCCCC/C=C\C/C=C\C/C=C\CC. The molecule has 0 aromatic heterocycles. The second-order valence-corrected chi connectivity index (χ2v) is 17.4. The van der Waals surface area contributed by atoms with Gasteiger partial charge in [0.15, 0.2) is 6.10 Å². The van der Waals surface area contributed by atoms with Crippen LogP contribution in [-0.2, 0) is 28.6 Å². The van der Waals surface area contributed by atoms with Crippen molar-refractivity contribution in [3.05, 3.63) is 134 Å². The molecule has 0 amide bonds. The van der Waals surface area contributed by atoms with Crippen LogP contribution in [0.1, 0.15) is 220 Å². The van der Waals surface area contributed by atoms with E-state index < -0.39 is 6.10 Å². The Morgan fingerprint density at radius 3 is 0.926 bits per heavy atom. The molecule has 0 spiro atoms. The van der Waals surface area contributed by atoms with Gasteiger partial charge < -0.3 is 14.2 Å². The summed E-state index contributed by atoms with van der Waals surface area (Å²) in [6.07, 6.45) is 77.4. The van der Waals surface area contributed by atoms with E-state index in [0.717, 1.165) is 167 Å². The first-order valence-corrected chi connectivity index (χ1v) is 27.2. The van der Waals surface area contributed by atoms with Crippen molar-refractivity contribution < 1.29 is 28.6 Å². The van der Waals surface area contributed by atoms with Gasteiger partial charge in [0.2, 0.25) is 0 Å². The highest BCUT2D eigenvalue weighted by Gasteiger charge is 2.19. The molecule has 0 aliphatic heterocycles. The van der Waals surface area contributed by atoms with Gasteiger partial charge in [0.25, 0.3) is 0 Å². The van der Waals surface area contributed by atoms with Crippen molar-refractivity contribution in [3.63, 3.8) is 0 Å². The Labute approximate surface area is 417 Å². The maximum absolute atomic E-state index is 12.8. The van der Waals surface area contributed by atoms with Crippen LogP contribution in [0.2, 0.25) is 0 Å². The largest absolute Gasteiger partial charge is 0.462 e. The van der Waals surface area contributed by atoms with Crippen LogP contribution >= 0.6 is 0 Å². The second-order valence-electron chi connectivity index (χ2n) is 17.4. The minimum atomic E-state index is -0.808. The minimum Gasteiger partial charge on any atom is -0.462 e. The van der Waals surface area contributed by atoms with E-state index in [2.05, 4.69) is 154 Å². The predicted octanol–water partition coefficient (Wildman–Crippen LogP) is 18.3. The summed E-state index contributed by atoms with van der Waals surface area (Å²) in [7, 11) is 0. The van der Waals surface area contributed by atoms with Gasteiger partial charge in [0, 0.05) is 19.3 Å². The number of hydrogen-bond acceptors (Lipinski definition) is 6. The Hall–Kier alpha value is -4.45. The average Bonchev–Trinajstić information content (AvgIpc) is 3.34. The van der Waals surface area contributed by atoms with Crippen LogP contribution in [0.25, 0.3) is 0 Å². The molecule has 6 nitrogen and oxygen atoms in total. The molecular weight excluding hydrogens is 841 g/mol. The summed E-state index contributed by atoms with van der Waals surface area (Å²) in [4.78, 5) is 37.9. The van der Waals surface area contributed by atoms with E-state index >= 15 is 0 Å². The molecule has 0 radical (unpaired) electrons. The number of ether oxygens (including phenoxy) is 3. The van der Waals surface area contributed by atoms with Crippen molar-refractivity contribution in [1.82, 2.24) is 0 Å². The molecule has 1 atom stereocenters. The van der Waals surface area contributed by atoms with Gasteiger partial charge in [-0.2, -0.15) is 0 Å². The first-order chi connectivity index (χ1) is 33.5. The lowest BCUT2D eigenvalue weighted by Crippen LogP contribution is -2.30. The third-order valence-corrected chi connectivity index (χ3v) is 10.9. The predicted molar refractivity (Wildman–Crippen MR) is 292 cm³/mol. The zero-order valence-electron chi connectivity index (χ0n) is 43.6. The van der Waals surface area contributed by atoms with E-state index in [4.69, 9.17) is 14.2 Å². The summed E-state index contributed by atoms with van der Waals surface area (Å²) >= 11 is 0. The summed E-state index contributed by atoms with van der Waals surface area (Å²) in [6.45, 7) is 6.27. The van der Waals surface area contributed by atoms with Crippen LogP contribution in [0, 0.1) is 0 Å². The van der Waals surface area contributed by atoms with Crippen LogP contribution < -0.4 is 0 Å². The average molecular weight is 939 g/mol. The lowest BCUT2D eigenvalue weighted by molar-refractivity contribution is -0.167. The third-order valence-electron chi connectivity index (χ3n) is 10.9. The Morgan fingerprint density at radius 1 is 0.309 bits per heavy atom. The number of allylic oxidation sites excluding steroid dienone is 22. The number of unbranched alkanes of at least 4 members (excludes halogenated alkanes) is 14. The van der Waals surface area contributed by atoms with E-state index in [1.54, 1.807) is 0 Å². The Bertz CT molecular complexity index is 1500. The third kappa shape index (κ3) is 52.5. The molecule has 0 aromatic rings. The van der Waals surface area contributed by atoms with Gasteiger partial charge >= 0.3 is 17.9 Å². The maximum atomic E-state index is 12.8. The zero-order valence-corrected chi connectivity index (χ0v) is 43.6. The van der Waals surface area contributed by atoms with Crippen molar-refractivity contribution in [2.75, 3.05) is 13.2 Å². The molecule has 68 heavy (non-hydrogen) atoms. The van der Waals surface area contributed by atoms with E-state index in [9.17, 15) is 14.4 Å².